The van der Waals surface area contributed by atoms with Crippen molar-refractivity contribution in [1.82, 2.24) is 9.88 Å². The van der Waals surface area contributed by atoms with Gasteiger partial charge in [0.15, 0.2) is 0 Å². The van der Waals surface area contributed by atoms with Gasteiger partial charge in [-0.05, 0) is 25.1 Å². The van der Waals surface area contributed by atoms with E-state index in [1.165, 1.54) is 12.7 Å². The van der Waals surface area contributed by atoms with Crippen LogP contribution in [-0.2, 0) is 16.0 Å². The van der Waals surface area contributed by atoms with Crippen LogP contribution in [-0.4, -0.2) is 43.1 Å². The molecule has 0 bridgehead atoms. The van der Waals surface area contributed by atoms with Gasteiger partial charge in [-0.25, -0.2) is 0 Å². The molecule has 0 radical (unpaired) electrons. The van der Waals surface area contributed by atoms with E-state index in [-0.39, 0.29) is 11.9 Å². The molecular formula is C13H20N2O2. The first kappa shape index (κ1) is 13.6. The number of hydrogen-bond donors (Lipinski definition) is 0. The van der Waals surface area contributed by atoms with E-state index < -0.39 is 0 Å². The number of methoxy groups -OCH3 is 1. The Bertz CT molecular complexity index is 341. The van der Waals surface area contributed by atoms with Crippen molar-refractivity contribution in [2.24, 2.45) is 5.92 Å². The summed E-state index contributed by atoms with van der Waals surface area (Å²) in [6.45, 7) is 3.51. The molecule has 0 fully saturated rings. The van der Waals surface area contributed by atoms with Gasteiger partial charge < -0.3 is 9.64 Å². The van der Waals surface area contributed by atoms with Crippen LogP contribution in [0.5, 0.6) is 0 Å². The third kappa shape index (κ3) is 4.95. The molecule has 1 aromatic heterocycles. The first-order chi connectivity index (χ1) is 8.13. The number of likely N-dealkylation sites (N-methyl/N-ethyl adjacent to an activating group) is 1. The minimum atomic E-state index is -0.154. The van der Waals surface area contributed by atoms with Gasteiger partial charge >= 0.3 is 5.97 Å². The Kier molecular flexibility index (Phi) is 5.63. The standard InChI is InChI=1S/C13H20N2O2/c1-11(13(16)17-3)10-15(2)8-6-12-5-4-7-14-9-12/h4-5,7,9,11H,6,8,10H2,1-3H3. The smallest absolute Gasteiger partial charge is 0.309 e. The zero-order valence-electron chi connectivity index (χ0n) is 10.7. The number of esters is 1. The van der Waals surface area contributed by atoms with Crippen LogP contribution in [0.25, 0.3) is 0 Å². The highest BCUT2D eigenvalue weighted by molar-refractivity contribution is 5.72. The van der Waals surface area contributed by atoms with Gasteiger partial charge in [-0.15, -0.1) is 0 Å². The van der Waals surface area contributed by atoms with Crippen molar-refractivity contribution in [2.45, 2.75) is 13.3 Å². The topological polar surface area (TPSA) is 42.4 Å². The van der Waals surface area contributed by atoms with Crippen molar-refractivity contribution in [2.75, 3.05) is 27.2 Å². The number of nitrogens with zero attached hydrogens (tertiary/aromatic N) is 2. The van der Waals surface area contributed by atoms with E-state index in [1.807, 2.05) is 26.2 Å². The second-order valence-corrected chi connectivity index (χ2v) is 4.30. The molecule has 0 aliphatic heterocycles. The minimum Gasteiger partial charge on any atom is -0.469 e. The highest BCUT2D eigenvalue weighted by Gasteiger charge is 2.14. The fourth-order valence-corrected chi connectivity index (χ4v) is 1.70. The quantitative estimate of drug-likeness (QED) is 0.700. The lowest BCUT2D eigenvalue weighted by atomic mass is 10.1. The Morgan fingerprint density at radius 2 is 2.35 bits per heavy atom. The van der Waals surface area contributed by atoms with Gasteiger partial charge in [-0.1, -0.05) is 13.0 Å². The van der Waals surface area contributed by atoms with Gasteiger partial charge in [0.2, 0.25) is 0 Å². The number of carbonyl (C=O) groups excluding carboxylic acids is 1. The molecule has 1 heterocycles. The van der Waals surface area contributed by atoms with E-state index in [9.17, 15) is 4.79 Å². The Morgan fingerprint density at radius 3 is 2.94 bits per heavy atom. The van der Waals surface area contributed by atoms with Crippen molar-refractivity contribution in [3.05, 3.63) is 30.1 Å². The number of rotatable bonds is 6. The molecule has 0 saturated carbocycles. The lowest BCUT2D eigenvalue weighted by Crippen LogP contribution is -2.30. The van der Waals surface area contributed by atoms with E-state index in [4.69, 9.17) is 4.74 Å². The predicted octanol–water partition coefficient (Wildman–Crippen LogP) is 1.36. The molecule has 1 rings (SSSR count). The molecule has 4 heteroatoms. The average Bonchev–Trinajstić information content (AvgIpc) is 2.36. The Labute approximate surface area is 103 Å². The molecule has 0 aliphatic carbocycles. The third-order valence-electron chi connectivity index (χ3n) is 2.69. The number of carbonyl (C=O) groups is 1. The zero-order chi connectivity index (χ0) is 12.7. The summed E-state index contributed by atoms with van der Waals surface area (Å²) in [5.41, 5.74) is 1.21. The second kappa shape index (κ2) is 7.01. The molecule has 0 N–H and O–H groups in total. The minimum absolute atomic E-state index is 0.0844. The molecule has 0 saturated heterocycles. The Balaban J connectivity index is 2.30. The molecule has 4 nitrogen and oxygen atoms in total. The Hall–Kier alpha value is -1.42. The van der Waals surface area contributed by atoms with Crippen molar-refractivity contribution in [3.8, 4) is 0 Å². The fraction of sp³-hybridized carbons (Fsp3) is 0.538. The monoisotopic (exact) mass is 236 g/mol. The molecule has 0 aliphatic rings. The van der Waals surface area contributed by atoms with Gasteiger partial charge in [0.05, 0.1) is 13.0 Å². The summed E-state index contributed by atoms with van der Waals surface area (Å²) in [6.07, 6.45) is 4.59. The number of hydrogen-bond acceptors (Lipinski definition) is 4. The van der Waals surface area contributed by atoms with Crippen molar-refractivity contribution in [3.63, 3.8) is 0 Å². The van der Waals surface area contributed by atoms with E-state index in [0.717, 1.165) is 13.0 Å². The maximum absolute atomic E-state index is 11.3. The lowest BCUT2D eigenvalue weighted by Gasteiger charge is -2.19. The SMILES string of the molecule is COC(=O)C(C)CN(C)CCc1cccnc1. The first-order valence-electron chi connectivity index (χ1n) is 5.78. The maximum Gasteiger partial charge on any atom is 0.309 e. The largest absolute Gasteiger partial charge is 0.469 e. The van der Waals surface area contributed by atoms with E-state index in [0.29, 0.717) is 6.54 Å². The number of pyridine rings is 1. The van der Waals surface area contributed by atoms with Gasteiger partial charge in [0.1, 0.15) is 0 Å². The summed E-state index contributed by atoms with van der Waals surface area (Å²) in [5, 5.41) is 0. The number of aromatic nitrogens is 1. The van der Waals surface area contributed by atoms with Crippen LogP contribution in [0.3, 0.4) is 0 Å². The molecule has 1 aromatic rings. The molecule has 0 aromatic carbocycles. The van der Waals surface area contributed by atoms with E-state index >= 15 is 0 Å². The van der Waals surface area contributed by atoms with Crippen LogP contribution in [0, 0.1) is 5.92 Å². The van der Waals surface area contributed by atoms with Crippen LogP contribution >= 0.6 is 0 Å². The molecule has 1 unspecified atom stereocenters. The van der Waals surface area contributed by atoms with Gasteiger partial charge in [0, 0.05) is 25.5 Å². The summed E-state index contributed by atoms with van der Waals surface area (Å²) >= 11 is 0. The molecule has 94 valence electrons. The van der Waals surface area contributed by atoms with Crippen LogP contribution in [0.15, 0.2) is 24.5 Å². The van der Waals surface area contributed by atoms with Crippen molar-refractivity contribution >= 4 is 5.97 Å². The van der Waals surface area contributed by atoms with Crippen molar-refractivity contribution < 1.29 is 9.53 Å². The van der Waals surface area contributed by atoms with Crippen LogP contribution in [0.2, 0.25) is 0 Å². The van der Waals surface area contributed by atoms with E-state index in [1.54, 1.807) is 6.20 Å². The number of ether oxygens (including phenoxy) is 1. The maximum atomic E-state index is 11.3. The predicted molar refractivity (Wildman–Crippen MR) is 66.6 cm³/mol. The summed E-state index contributed by atoms with van der Waals surface area (Å²) < 4.78 is 4.70. The third-order valence-corrected chi connectivity index (χ3v) is 2.69. The highest BCUT2D eigenvalue weighted by Crippen LogP contribution is 2.03. The van der Waals surface area contributed by atoms with Crippen molar-refractivity contribution in [1.29, 1.82) is 0 Å². The second-order valence-electron chi connectivity index (χ2n) is 4.30. The van der Waals surface area contributed by atoms with Crippen LogP contribution in [0.1, 0.15) is 12.5 Å². The molecule has 1 atom stereocenters. The van der Waals surface area contributed by atoms with Crippen LogP contribution in [0.4, 0.5) is 0 Å². The van der Waals surface area contributed by atoms with Crippen LogP contribution < -0.4 is 0 Å². The van der Waals surface area contributed by atoms with Gasteiger partial charge in [0.25, 0.3) is 0 Å². The normalized spacial score (nSPS) is 12.5. The summed E-state index contributed by atoms with van der Waals surface area (Å²) in [4.78, 5) is 17.5. The van der Waals surface area contributed by atoms with E-state index in [2.05, 4.69) is 16.0 Å². The lowest BCUT2D eigenvalue weighted by molar-refractivity contribution is -0.145. The summed E-state index contributed by atoms with van der Waals surface area (Å²) in [5.74, 6) is -0.239. The zero-order valence-corrected chi connectivity index (χ0v) is 10.7. The molecular weight excluding hydrogens is 216 g/mol. The highest BCUT2D eigenvalue weighted by atomic mass is 16.5. The van der Waals surface area contributed by atoms with Gasteiger partial charge in [-0.2, -0.15) is 0 Å². The average molecular weight is 236 g/mol. The van der Waals surface area contributed by atoms with Gasteiger partial charge in [-0.3, -0.25) is 9.78 Å². The summed E-state index contributed by atoms with van der Waals surface area (Å²) in [7, 11) is 3.43. The fourth-order valence-electron chi connectivity index (χ4n) is 1.70. The Morgan fingerprint density at radius 1 is 1.59 bits per heavy atom. The summed E-state index contributed by atoms with van der Waals surface area (Å²) in [6, 6.07) is 4.00. The molecule has 17 heavy (non-hydrogen) atoms. The molecule has 0 amide bonds. The molecule has 0 spiro atoms. The first-order valence-corrected chi connectivity index (χ1v) is 5.78.